The van der Waals surface area contributed by atoms with Crippen molar-refractivity contribution in [2.24, 2.45) is 5.92 Å². The topological polar surface area (TPSA) is 32.7 Å². The van der Waals surface area contributed by atoms with E-state index in [1.807, 2.05) is 12.1 Å². The molecule has 1 saturated carbocycles. The maximum Gasteiger partial charge on any atom is 0.242 e. The van der Waals surface area contributed by atoms with Crippen LogP contribution in [0.5, 0.6) is 5.75 Å². The van der Waals surface area contributed by atoms with Gasteiger partial charge in [0.25, 0.3) is 0 Å². The largest absolute Gasteiger partial charge is 0.459 e. The fourth-order valence-electron chi connectivity index (χ4n) is 4.63. The van der Waals surface area contributed by atoms with Crippen molar-refractivity contribution in [1.29, 1.82) is 0 Å². The van der Waals surface area contributed by atoms with Crippen LogP contribution in [-0.4, -0.2) is 41.1 Å². The molecule has 0 heterocycles. The lowest BCUT2D eigenvalue weighted by Crippen LogP contribution is -2.44. The van der Waals surface area contributed by atoms with Gasteiger partial charge in [-0.3, -0.25) is 0 Å². The molecule has 1 atom stereocenters. The molecule has 0 spiro atoms. The minimum absolute atomic E-state index is 0.0297. The Labute approximate surface area is 189 Å². The van der Waals surface area contributed by atoms with Gasteiger partial charge in [-0.25, -0.2) is 0 Å². The lowest BCUT2D eigenvalue weighted by molar-refractivity contribution is -0.0322. The summed E-state index contributed by atoms with van der Waals surface area (Å²) in [7, 11) is 0. The highest BCUT2D eigenvalue weighted by atomic mass is 19.2. The second kappa shape index (κ2) is 11.5. The molecule has 1 aliphatic rings. The molecule has 1 unspecified atom stereocenters. The molecule has 2 rings (SSSR count). The number of hydrogen-bond acceptors (Lipinski definition) is 3. The van der Waals surface area contributed by atoms with Crippen LogP contribution in [-0.2, 0) is 0 Å². The Hall–Kier alpha value is -1.39. The zero-order valence-corrected chi connectivity index (χ0v) is 20.4. The molecular weight excluding hydrogens is 389 g/mol. The number of aliphatic hydroxyl groups is 1. The molecule has 3 nitrogen and oxygen atoms in total. The predicted molar refractivity (Wildman–Crippen MR) is 128 cm³/mol. The number of nitrogens with zero attached hydrogens (tertiary/aromatic N) is 1. The third kappa shape index (κ3) is 8.23. The standard InChI is InChI=1S/C27H44FNO2/c1-7-17-29(18-14-22(4)21(2)3)20-25(27(30)15-9-8-10-16-27)23-12-11-13-24(19-23)31-26(5,6)28/h11-13,19,21,25,30H,4,7-10,14-18,20H2,1-3,5-6H3. The van der Waals surface area contributed by atoms with E-state index in [2.05, 4.69) is 38.3 Å². The Morgan fingerprint density at radius 1 is 1.23 bits per heavy atom. The number of benzene rings is 1. The van der Waals surface area contributed by atoms with Gasteiger partial charge in [0.15, 0.2) is 0 Å². The van der Waals surface area contributed by atoms with Crippen molar-refractivity contribution < 1.29 is 14.2 Å². The SMILES string of the molecule is C=C(CCN(CCC)CC(c1cccc(OC(C)(C)F)c1)C1(O)CCCCC1)C(C)C. The summed E-state index contributed by atoms with van der Waals surface area (Å²) in [6, 6.07) is 7.70. The van der Waals surface area contributed by atoms with Crippen LogP contribution in [0.25, 0.3) is 0 Å². The summed E-state index contributed by atoms with van der Waals surface area (Å²) in [6.45, 7) is 16.4. The van der Waals surface area contributed by atoms with Gasteiger partial charge in [-0.05, 0) is 55.8 Å². The molecule has 1 N–H and O–H groups in total. The lowest BCUT2D eigenvalue weighted by atomic mass is 9.72. The average Bonchev–Trinajstić information content (AvgIpc) is 2.69. The Balaban J connectivity index is 2.29. The highest BCUT2D eigenvalue weighted by Gasteiger charge is 2.39. The third-order valence-electron chi connectivity index (χ3n) is 6.54. The summed E-state index contributed by atoms with van der Waals surface area (Å²) in [5.41, 5.74) is 1.58. The first-order valence-electron chi connectivity index (χ1n) is 12.1. The third-order valence-corrected chi connectivity index (χ3v) is 6.54. The van der Waals surface area contributed by atoms with Gasteiger partial charge >= 0.3 is 0 Å². The van der Waals surface area contributed by atoms with Gasteiger partial charge < -0.3 is 14.7 Å². The molecule has 176 valence electrons. The Morgan fingerprint density at radius 3 is 2.48 bits per heavy atom. The molecule has 31 heavy (non-hydrogen) atoms. The van der Waals surface area contributed by atoms with Crippen LogP contribution in [0.3, 0.4) is 0 Å². The van der Waals surface area contributed by atoms with Crippen LogP contribution in [0.4, 0.5) is 4.39 Å². The van der Waals surface area contributed by atoms with Gasteiger partial charge in [-0.2, -0.15) is 4.39 Å². The molecule has 0 amide bonds. The Kier molecular flexibility index (Phi) is 9.57. The molecule has 1 aromatic carbocycles. The molecule has 1 aliphatic carbocycles. The zero-order valence-electron chi connectivity index (χ0n) is 20.4. The zero-order chi connectivity index (χ0) is 23.1. The van der Waals surface area contributed by atoms with Gasteiger partial charge in [0, 0.05) is 32.9 Å². The maximum absolute atomic E-state index is 14.1. The van der Waals surface area contributed by atoms with Crippen molar-refractivity contribution in [3.8, 4) is 5.75 Å². The number of rotatable bonds is 12. The van der Waals surface area contributed by atoms with Crippen LogP contribution >= 0.6 is 0 Å². The fraction of sp³-hybridized carbons (Fsp3) is 0.704. The van der Waals surface area contributed by atoms with Crippen LogP contribution in [0.15, 0.2) is 36.4 Å². The van der Waals surface area contributed by atoms with Crippen molar-refractivity contribution in [1.82, 2.24) is 4.90 Å². The molecule has 0 aliphatic heterocycles. The van der Waals surface area contributed by atoms with Gasteiger partial charge in [-0.15, -0.1) is 0 Å². The first kappa shape index (κ1) is 25.9. The van der Waals surface area contributed by atoms with Crippen molar-refractivity contribution in [3.63, 3.8) is 0 Å². The number of ether oxygens (including phenoxy) is 1. The molecule has 1 aromatic rings. The van der Waals surface area contributed by atoms with Crippen molar-refractivity contribution in [2.45, 2.75) is 96.9 Å². The highest BCUT2D eigenvalue weighted by Crippen LogP contribution is 2.41. The minimum Gasteiger partial charge on any atom is -0.459 e. The quantitative estimate of drug-likeness (QED) is 0.365. The maximum atomic E-state index is 14.1. The average molecular weight is 434 g/mol. The van der Waals surface area contributed by atoms with E-state index >= 15 is 0 Å². The van der Waals surface area contributed by atoms with Gasteiger partial charge in [0.05, 0.1) is 5.60 Å². The number of hydrogen-bond donors (Lipinski definition) is 1. The van der Waals surface area contributed by atoms with Crippen LogP contribution in [0.2, 0.25) is 0 Å². The van der Waals surface area contributed by atoms with E-state index < -0.39 is 11.5 Å². The van der Waals surface area contributed by atoms with E-state index in [0.717, 1.165) is 63.7 Å². The van der Waals surface area contributed by atoms with E-state index in [0.29, 0.717) is 11.7 Å². The molecule has 0 saturated heterocycles. The van der Waals surface area contributed by atoms with Crippen molar-refractivity contribution in [3.05, 3.63) is 42.0 Å². The second-order valence-electron chi connectivity index (χ2n) is 10.1. The van der Waals surface area contributed by atoms with E-state index in [1.54, 1.807) is 6.07 Å². The van der Waals surface area contributed by atoms with E-state index in [9.17, 15) is 9.50 Å². The molecule has 0 radical (unpaired) electrons. The second-order valence-corrected chi connectivity index (χ2v) is 10.1. The van der Waals surface area contributed by atoms with Crippen molar-refractivity contribution >= 4 is 0 Å². The molecule has 1 fully saturated rings. The first-order valence-corrected chi connectivity index (χ1v) is 12.1. The molecule has 4 heteroatoms. The summed E-state index contributed by atoms with van der Waals surface area (Å²) in [5.74, 6) is -0.760. The Morgan fingerprint density at radius 2 is 1.90 bits per heavy atom. The molecular formula is C27H44FNO2. The van der Waals surface area contributed by atoms with Crippen LogP contribution < -0.4 is 4.74 Å². The van der Waals surface area contributed by atoms with E-state index in [-0.39, 0.29) is 5.92 Å². The van der Waals surface area contributed by atoms with Gasteiger partial charge in [0.1, 0.15) is 5.75 Å². The minimum atomic E-state index is -1.73. The molecule has 0 aromatic heterocycles. The van der Waals surface area contributed by atoms with E-state index in [4.69, 9.17) is 4.74 Å². The monoisotopic (exact) mass is 433 g/mol. The van der Waals surface area contributed by atoms with Gasteiger partial charge in [0.2, 0.25) is 5.85 Å². The van der Waals surface area contributed by atoms with Crippen LogP contribution in [0, 0.1) is 5.92 Å². The van der Waals surface area contributed by atoms with Crippen LogP contribution in [0.1, 0.15) is 91.0 Å². The predicted octanol–water partition coefficient (Wildman–Crippen LogP) is 6.86. The summed E-state index contributed by atoms with van der Waals surface area (Å²) < 4.78 is 19.6. The fourth-order valence-corrected chi connectivity index (χ4v) is 4.63. The normalized spacial score (nSPS) is 17.7. The van der Waals surface area contributed by atoms with Crippen molar-refractivity contribution in [2.75, 3.05) is 19.6 Å². The Bertz CT molecular complexity index is 689. The first-order chi connectivity index (χ1) is 14.5. The number of alkyl halides is 1. The summed E-state index contributed by atoms with van der Waals surface area (Å²) >= 11 is 0. The highest BCUT2D eigenvalue weighted by molar-refractivity contribution is 5.33. The summed E-state index contributed by atoms with van der Waals surface area (Å²) in [5, 5.41) is 11.7. The van der Waals surface area contributed by atoms with E-state index in [1.165, 1.54) is 25.8 Å². The lowest BCUT2D eigenvalue weighted by Gasteiger charge is -2.42. The smallest absolute Gasteiger partial charge is 0.242 e. The number of halogens is 1. The van der Waals surface area contributed by atoms with Gasteiger partial charge in [-0.1, -0.05) is 64.3 Å². The summed E-state index contributed by atoms with van der Waals surface area (Å²) in [6.07, 6.45) is 6.96. The molecule has 0 bridgehead atoms. The summed E-state index contributed by atoms with van der Waals surface area (Å²) in [4.78, 5) is 2.47.